The Balaban J connectivity index is 1.86. The Kier molecular flexibility index (Phi) is 6.51. The zero-order valence-corrected chi connectivity index (χ0v) is 14.0. The lowest BCUT2D eigenvalue weighted by Crippen LogP contribution is -2.42. The molecule has 1 fully saturated rings. The lowest BCUT2D eigenvalue weighted by Gasteiger charge is -2.20. The minimum absolute atomic E-state index is 0.0957. The van der Waals surface area contributed by atoms with Gasteiger partial charge in [0.25, 0.3) is 0 Å². The molecule has 5 heteroatoms. The summed E-state index contributed by atoms with van der Waals surface area (Å²) in [6, 6.07) is 8.23. The number of hydrogen-bond acceptors (Lipinski definition) is 2. The highest BCUT2D eigenvalue weighted by Crippen LogP contribution is 2.21. The van der Waals surface area contributed by atoms with E-state index in [9.17, 15) is 4.79 Å². The van der Waals surface area contributed by atoms with Crippen LogP contribution in [0.15, 0.2) is 28.7 Å². The van der Waals surface area contributed by atoms with Crippen molar-refractivity contribution in [2.75, 3.05) is 13.2 Å². The quantitative estimate of drug-likeness (QED) is 0.816. The largest absolute Gasteiger partial charge is 0.372 e. The van der Waals surface area contributed by atoms with Crippen molar-refractivity contribution < 1.29 is 9.53 Å². The molecule has 1 unspecified atom stereocenters. The molecular weight excluding hydrogens is 332 g/mol. The molecule has 1 aliphatic rings. The monoisotopic (exact) mass is 354 g/mol. The number of carbonyl (C=O) groups excluding carboxylic acids is 1. The molecule has 1 aromatic carbocycles. The SMILES string of the molecule is CCOC(CNC(=O)NC1CCCC1)c1cccc(Br)c1. The van der Waals surface area contributed by atoms with Crippen LogP contribution in [0.25, 0.3) is 0 Å². The second kappa shape index (κ2) is 8.39. The van der Waals surface area contributed by atoms with Gasteiger partial charge in [-0.05, 0) is 37.5 Å². The second-order valence-corrected chi connectivity index (χ2v) is 6.25. The Morgan fingerprint density at radius 3 is 2.86 bits per heavy atom. The molecule has 2 amide bonds. The van der Waals surface area contributed by atoms with E-state index in [1.807, 2.05) is 31.2 Å². The lowest BCUT2D eigenvalue weighted by atomic mass is 10.1. The molecule has 0 radical (unpaired) electrons. The zero-order valence-electron chi connectivity index (χ0n) is 12.4. The van der Waals surface area contributed by atoms with Crippen LogP contribution >= 0.6 is 15.9 Å². The smallest absolute Gasteiger partial charge is 0.315 e. The molecule has 0 aromatic heterocycles. The van der Waals surface area contributed by atoms with Gasteiger partial charge in [-0.2, -0.15) is 0 Å². The van der Waals surface area contributed by atoms with Gasteiger partial charge < -0.3 is 15.4 Å². The van der Waals surface area contributed by atoms with E-state index < -0.39 is 0 Å². The van der Waals surface area contributed by atoms with Gasteiger partial charge >= 0.3 is 6.03 Å². The number of halogens is 1. The summed E-state index contributed by atoms with van der Waals surface area (Å²) >= 11 is 3.46. The number of hydrogen-bond donors (Lipinski definition) is 2. The number of ether oxygens (including phenoxy) is 1. The van der Waals surface area contributed by atoms with E-state index in [4.69, 9.17) is 4.74 Å². The molecule has 2 rings (SSSR count). The van der Waals surface area contributed by atoms with Crippen molar-refractivity contribution in [1.29, 1.82) is 0 Å². The molecule has 0 bridgehead atoms. The van der Waals surface area contributed by atoms with Crippen molar-refractivity contribution in [1.82, 2.24) is 10.6 Å². The van der Waals surface area contributed by atoms with E-state index in [-0.39, 0.29) is 12.1 Å². The van der Waals surface area contributed by atoms with Crippen LogP contribution in [0.1, 0.15) is 44.3 Å². The maximum atomic E-state index is 11.9. The minimum atomic E-state index is -0.123. The molecule has 1 aliphatic carbocycles. The first-order valence-corrected chi connectivity index (χ1v) is 8.39. The first-order chi connectivity index (χ1) is 10.2. The number of nitrogens with one attached hydrogen (secondary N) is 2. The molecule has 1 aromatic rings. The Morgan fingerprint density at radius 1 is 1.43 bits per heavy atom. The summed E-state index contributed by atoms with van der Waals surface area (Å²) in [5, 5.41) is 5.95. The van der Waals surface area contributed by atoms with Crippen LogP contribution in [0.3, 0.4) is 0 Å². The highest BCUT2D eigenvalue weighted by atomic mass is 79.9. The van der Waals surface area contributed by atoms with Crippen molar-refractivity contribution in [2.24, 2.45) is 0 Å². The van der Waals surface area contributed by atoms with E-state index in [1.165, 1.54) is 12.8 Å². The van der Waals surface area contributed by atoms with Gasteiger partial charge in [0.05, 0.1) is 6.10 Å². The van der Waals surface area contributed by atoms with Crippen LogP contribution in [0.4, 0.5) is 4.79 Å². The molecule has 2 N–H and O–H groups in total. The number of carbonyl (C=O) groups is 1. The van der Waals surface area contributed by atoms with Gasteiger partial charge in [-0.3, -0.25) is 0 Å². The molecule has 21 heavy (non-hydrogen) atoms. The molecule has 116 valence electrons. The average molecular weight is 355 g/mol. The number of urea groups is 1. The summed E-state index contributed by atoms with van der Waals surface area (Å²) in [7, 11) is 0. The van der Waals surface area contributed by atoms with Gasteiger partial charge in [0, 0.05) is 23.7 Å². The normalized spacial score (nSPS) is 16.7. The number of benzene rings is 1. The lowest BCUT2D eigenvalue weighted by molar-refractivity contribution is 0.0638. The van der Waals surface area contributed by atoms with Crippen molar-refractivity contribution >= 4 is 22.0 Å². The summed E-state index contributed by atoms with van der Waals surface area (Å²) in [5.41, 5.74) is 1.06. The van der Waals surface area contributed by atoms with Crippen molar-refractivity contribution in [3.8, 4) is 0 Å². The van der Waals surface area contributed by atoms with E-state index in [0.717, 1.165) is 22.9 Å². The van der Waals surface area contributed by atoms with Crippen LogP contribution < -0.4 is 10.6 Å². The maximum absolute atomic E-state index is 11.9. The van der Waals surface area contributed by atoms with Crippen LogP contribution in [0.5, 0.6) is 0 Å². The van der Waals surface area contributed by atoms with Crippen LogP contribution in [-0.4, -0.2) is 25.2 Å². The number of amides is 2. The second-order valence-electron chi connectivity index (χ2n) is 5.33. The third-order valence-corrected chi connectivity index (χ3v) is 4.22. The van der Waals surface area contributed by atoms with E-state index in [0.29, 0.717) is 19.2 Å². The molecule has 0 aliphatic heterocycles. The molecule has 0 saturated heterocycles. The molecular formula is C16H23BrN2O2. The van der Waals surface area contributed by atoms with Crippen LogP contribution in [0, 0.1) is 0 Å². The van der Waals surface area contributed by atoms with Gasteiger partial charge in [0.1, 0.15) is 0 Å². The third-order valence-electron chi connectivity index (χ3n) is 3.73. The average Bonchev–Trinajstić information content (AvgIpc) is 2.96. The van der Waals surface area contributed by atoms with Gasteiger partial charge in [0.2, 0.25) is 0 Å². The fraction of sp³-hybridized carbons (Fsp3) is 0.562. The maximum Gasteiger partial charge on any atom is 0.315 e. The molecule has 0 heterocycles. The van der Waals surface area contributed by atoms with E-state index in [1.54, 1.807) is 0 Å². The summed E-state index contributed by atoms with van der Waals surface area (Å²) in [6.07, 6.45) is 4.48. The first kappa shape index (κ1) is 16.3. The standard InChI is InChI=1S/C16H23BrN2O2/c1-2-21-15(12-6-5-7-13(17)10-12)11-18-16(20)19-14-8-3-4-9-14/h5-7,10,14-15H,2-4,8-9,11H2,1H3,(H2,18,19,20). The fourth-order valence-corrected chi connectivity index (χ4v) is 3.09. The van der Waals surface area contributed by atoms with Crippen molar-refractivity contribution in [2.45, 2.75) is 44.8 Å². The third kappa shape index (κ3) is 5.32. The Morgan fingerprint density at radius 2 is 2.19 bits per heavy atom. The summed E-state index contributed by atoms with van der Waals surface area (Å²) in [4.78, 5) is 11.9. The van der Waals surface area contributed by atoms with E-state index in [2.05, 4.69) is 26.6 Å². The summed E-state index contributed by atoms with van der Waals surface area (Å²) in [6.45, 7) is 3.05. The highest BCUT2D eigenvalue weighted by molar-refractivity contribution is 9.10. The predicted molar refractivity (Wildman–Crippen MR) is 87.3 cm³/mol. The number of rotatable bonds is 6. The van der Waals surface area contributed by atoms with Crippen molar-refractivity contribution in [3.63, 3.8) is 0 Å². The van der Waals surface area contributed by atoms with Crippen LogP contribution in [-0.2, 0) is 4.74 Å². The van der Waals surface area contributed by atoms with Crippen LogP contribution in [0.2, 0.25) is 0 Å². The van der Waals surface area contributed by atoms with Gasteiger partial charge in [-0.15, -0.1) is 0 Å². The first-order valence-electron chi connectivity index (χ1n) is 7.60. The van der Waals surface area contributed by atoms with E-state index >= 15 is 0 Å². The summed E-state index contributed by atoms with van der Waals surface area (Å²) in [5.74, 6) is 0. The topological polar surface area (TPSA) is 50.4 Å². The molecule has 1 saturated carbocycles. The highest BCUT2D eigenvalue weighted by Gasteiger charge is 2.18. The van der Waals surface area contributed by atoms with Gasteiger partial charge in [0.15, 0.2) is 0 Å². The fourth-order valence-electron chi connectivity index (χ4n) is 2.67. The Labute approximate surface area is 134 Å². The predicted octanol–water partition coefficient (Wildman–Crippen LogP) is 3.77. The Hall–Kier alpha value is -1.07. The molecule has 0 spiro atoms. The van der Waals surface area contributed by atoms with Crippen molar-refractivity contribution in [3.05, 3.63) is 34.3 Å². The molecule has 4 nitrogen and oxygen atoms in total. The summed E-state index contributed by atoms with van der Waals surface area (Å²) < 4.78 is 6.75. The van der Waals surface area contributed by atoms with Gasteiger partial charge in [-0.25, -0.2) is 4.79 Å². The minimum Gasteiger partial charge on any atom is -0.372 e. The van der Waals surface area contributed by atoms with Gasteiger partial charge in [-0.1, -0.05) is 40.9 Å². The zero-order chi connectivity index (χ0) is 15.1. The molecule has 1 atom stereocenters. The Bertz CT molecular complexity index is 461.